The van der Waals surface area contributed by atoms with E-state index in [1.165, 1.54) is 6.07 Å². The summed E-state index contributed by atoms with van der Waals surface area (Å²) in [6.45, 7) is 8.22. The maximum absolute atomic E-state index is 15.3. The van der Waals surface area contributed by atoms with Crippen molar-refractivity contribution in [2.75, 3.05) is 0 Å². The first-order chi connectivity index (χ1) is 18.2. The lowest BCUT2D eigenvalue weighted by molar-refractivity contribution is -0.131. The number of guanidine groups is 1. The summed E-state index contributed by atoms with van der Waals surface area (Å²) in [6.07, 6.45) is 1.94. The van der Waals surface area contributed by atoms with Gasteiger partial charge in [-0.1, -0.05) is 39.0 Å². The summed E-state index contributed by atoms with van der Waals surface area (Å²) in [5.41, 5.74) is 8.13. The van der Waals surface area contributed by atoms with Gasteiger partial charge in [-0.25, -0.2) is 18.2 Å². The van der Waals surface area contributed by atoms with Crippen molar-refractivity contribution in [2.45, 2.75) is 90.3 Å². The number of amides is 2. The van der Waals surface area contributed by atoms with Gasteiger partial charge in [0.05, 0.1) is 23.7 Å². The van der Waals surface area contributed by atoms with Gasteiger partial charge in [-0.15, -0.1) is 0 Å². The van der Waals surface area contributed by atoms with Crippen LogP contribution in [0.3, 0.4) is 0 Å². The third kappa shape index (κ3) is 5.28. The molecule has 0 spiro atoms. The minimum atomic E-state index is -3.52. The Hall–Kier alpha value is -3.36. The van der Waals surface area contributed by atoms with Crippen molar-refractivity contribution < 1.29 is 22.8 Å². The minimum absolute atomic E-state index is 0.0353. The number of aryl methyl sites for hydroxylation is 2. The van der Waals surface area contributed by atoms with Crippen LogP contribution in [0, 0.1) is 18.2 Å². The molecule has 3 aliphatic heterocycles. The third-order valence-corrected chi connectivity index (χ3v) is 7.95. The second-order valence-electron chi connectivity index (χ2n) is 12.3. The van der Waals surface area contributed by atoms with E-state index in [9.17, 15) is 9.59 Å². The Balaban J connectivity index is 1.65. The molecular weight excluding hydrogens is 505 g/mol. The number of carbonyl (C=O) groups excluding carboxylic acids is 2. The molecule has 6 bridgehead atoms. The van der Waals surface area contributed by atoms with Crippen LogP contribution in [0.4, 0.5) is 13.2 Å². The molecular formula is C30H35F3N4O2. The van der Waals surface area contributed by atoms with Gasteiger partial charge in [0.25, 0.3) is 11.8 Å². The van der Waals surface area contributed by atoms with E-state index in [4.69, 9.17) is 5.73 Å². The average molecular weight is 541 g/mol. The fourth-order valence-corrected chi connectivity index (χ4v) is 6.17. The average Bonchev–Trinajstić information content (AvgIpc) is 3.08. The molecule has 0 radical (unpaired) electrons. The molecule has 1 aliphatic carbocycles. The first-order valence-electron chi connectivity index (χ1n) is 13.5. The Morgan fingerprint density at radius 2 is 1.90 bits per heavy atom. The van der Waals surface area contributed by atoms with Crippen LogP contribution in [0.2, 0.25) is 0 Å². The lowest BCUT2D eigenvalue weighted by Gasteiger charge is -2.33. The number of fused-ring (bicyclic) bond motifs is 5. The number of hydrogen-bond donors (Lipinski definition) is 2. The highest BCUT2D eigenvalue weighted by molar-refractivity contribution is 5.99. The molecule has 0 saturated carbocycles. The predicted molar refractivity (Wildman–Crippen MR) is 143 cm³/mol. The van der Waals surface area contributed by atoms with Gasteiger partial charge in [0, 0.05) is 18.4 Å². The van der Waals surface area contributed by atoms with Crippen molar-refractivity contribution in [3.8, 4) is 0 Å². The number of nitrogens with zero attached hydrogens (tertiary/aromatic N) is 2. The van der Waals surface area contributed by atoms with E-state index in [0.717, 1.165) is 40.5 Å². The molecule has 3 atom stereocenters. The van der Waals surface area contributed by atoms with E-state index in [2.05, 4.69) is 43.2 Å². The first kappa shape index (κ1) is 27.2. The highest BCUT2D eigenvalue weighted by atomic mass is 19.3. The number of aliphatic imine (C=N–C) groups is 1. The summed E-state index contributed by atoms with van der Waals surface area (Å²) in [7, 11) is 0. The van der Waals surface area contributed by atoms with Gasteiger partial charge in [0.1, 0.15) is 5.82 Å². The van der Waals surface area contributed by atoms with Crippen molar-refractivity contribution in [3.63, 3.8) is 0 Å². The standard InChI is InChI=1S/C30H35F3N4O2/c1-16-8-9-17-6-5-7-19-13-25(38)37(28(34)35-19)24-15-30(32,33)26-21(24)11-18(12-22(26)31)27(39)36-23(20(16)10-17)14-29(2,3)4/h8-12,19,23-24H,5-7,13-15H2,1-4H3,(H2,34,35)(H,36,39). The molecule has 2 aromatic carbocycles. The second-order valence-corrected chi connectivity index (χ2v) is 12.3. The first-order valence-corrected chi connectivity index (χ1v) is 13.5. The number of benzene rings is 2. The molecule has 0 saturated heterocycles. The van der Waals surface area contributed by atoms with E-state index < -0.39 is 41.6 Å². The Morgan fingerprint density at radius 3 is 2.59 bits per heavy atom. The highest BCUT2D eigenvalue weighted by Crippen LogP contribution is 2.51. The summed E-state index contributed by atoms with van der Waals surface area (Å²) in [4.78, 5) is 32.3. The van der Waals surface area contributed by atoms with Gasteiger partial charge < -0.3 is 11.1 Å². The largest absolute Gasteiger partial charge is 0.369 e. The molecule has 3 N–H and O–H groups in total. The van der Waals surface area contributed by atoms with Crippen molar-refractivity contribution >= 4 is 17.8 Å². The molecule has 4 aliphatic rings. The lowest BCUT2D eigenvalue weighted by atomic mass is 9.83. The summed E-state index contributed by atoms with van der Waals surface area (Å²) < 4.78 is 45.5. The summed E-state index contributed by atoms with van der Waals surface area (Å²) in [6, 6.07) is 6.38. The monoisotopic (exact) mass is 540 g/mol. The van der Waals surface area contributed by atoms with Gasteiger partial charge in [-0.05, 0) is 72.4 Å². The van der Waals surface area contributed by atoms with Crippen molar-refractivity contribution in [1.82, 2.24) is 10.2 Å². The van der Waals surface area contributed by atoms with Gasteiger partial charge in [-0.2, -0.15) is 0 Å². The molecule has 9 heteroatoms. The molecule has 2 amide bonds. The van der Waals surface area contributed by atoms with E-state index in [1.807, 2.05) is 13.0 Å². The van der Waals surface area contributed by atoms with Crippen molar-refractivity contribution in [1.29, 1.82) is 0 Å². The zero-order valence-corrected chi connectivity index (χ0v) is 22.8. The van der Waals surface area contributed by atoms with Crippen LogP contribution < -0.4 is 11.1 Å². The molecule has 2 aromatic rings. The van der Waals surface area contributed by atoms with E-state index in [-0.39, 0.29) is 41.0 Å². The second kappa shape index (κ2) is 9.68. The lowest BCUT2D eigenvalue weighted by Crippen LogP contribution is -2.48. The molecule has 0 fully saturated rings. The molecule has 0 aromatic heterocycles. The van der Waals surface area contributed by atoms with Crippen LogP contribution in [0.1, 0.15) is 103 Å². The number of alkyl halides is 2. The molecule has 3 unspecified atom stereocenters. The number of carbonyl (C=O) groups is 2. The zero-order valence-electron chi connectivity index (χ0n) is 22.8. The zero-order chi connectivity index (χ0) is 28.3. The Kier molecular flexibility index (Phi) is 6.75. The van der Waals surface area contributed by atoms with Crippen molar-refractivity contribution in [3.05, 3.63) is 69.5 Å². The van der Waals surface area contributed by atoms with E-state index in [0.29, 0.717) is 12.8 Å². The smallest absolute Gasteiger partial charge is 0.278 e. The Bertz CT molecular complexity index is 1360. The van der Waals surface area contributed by atoms with Gasteiger partial charge in [0.15, 0.2) is 5.96 Å². The molecule has 208 valence electrons. The van der Waals surface area contributed by atoms with E-state index >= 15 is 13.2 Å². The third-order valence-electron chi connectivity index (χ3n) is 7.95. The molecule has 39 heavy (non-hydrogen) atoms. The molecule has 3 heterocycles. The predicted octanol–water partition coefficient (Wildman–Crippen LogP) is 5.83. The van der Waals surface area contributed by atoms with E-state index in [1.54, 1.807) is 0 Å². The number of halogens is 3. The number of nitrogens with one attached hydrogen (secondary N) is 1. The van der Waals surface area contributed by atoms with Crippen LogP contribution in [0.5, 0.6) is 0 Å². The fraction of sp³-hybridized carbons (Fsp3) is 0.500. The fourth-order valence-electron chi connectivity index (χ4n) is 6.17. The Labute approximate surface area is 226 Å². The van der Waals surface area contributed by atoms with Gasteiger partial charge in [-0.3, -0.25) is 14.5 Å². The summed E-state index contributed by atoms with van der Waals surface area (Å²) >= 11 is 0. The number of rotatable bonds is 1. The summed E-state index contributed by atoms with van der Waals surface area (Å²) in [5, 5.41) is 3.06. The van der Waals surface area contributed by atoms with Crippen LogP contribution in [0.15, 0.2) is 35.3 Å². The van der Waals surface area contributed by atoms with Crippen LogP contribution in [-0.2, 0) is 17.1 Å². The minimum Gasteiger partial charge on any atom is -0.369 e. The maximum atomic E-state index is 15.3. The maximum Gasteiger partial charge on any atom is 0.278 e. The molecule has 6 nitrogen and oxygen atoms in total. The highest BCUT2D eigenvalue weighted by Gasteiger charge is 2.51. The quantitative estimate of drug-likeness (QED) is 0.477. The number of nitrogens with two attached hydrogens (primary N) is 1. The van der Waals surface area contributed by atoms with Gasteiger partial charge in [0.2, 0.25) is 5.91 Å². The SMILES string of the molecule is Cc1ccc2cc1C(CC(C)(C)C)NC(=O)c1cc(F)c3c(c1)C(CC3(F)F)N1C(=O)CC(CCC2)N=C1N. The Morgan fingerprint density at radius 1 is 1.15 bits per heavy atom. The van der Waals surface area contributed by atoms with Crippen LogP contribution >= 0.6 is 0 Å². The molecule has 6 rings (SSSR count). The van der Waals surface area contributed by atoms with Gasteiger partial charge >= 0.3 is 0 Å². The summed E-state index contributed by atoms with van der Waals surface area (Å²) in [5.74, 6) is -5.84. The van der Waals surface area contributed by atoms with Crippen LogP contribution in [-0.4, -0.2) is 28.7 Å². The van der Waals surface area contributed by atoms with Crippen LogP contribution in [0.25, 0.3) is 0 Å². The number of hydrogen-bond acceptors (Lipinski definition) is 4. The normalized spacial score (nSPS) is 24.8. The topological polar surface area (TPSA) is 87.8 Å². The van der Waals surface area contributed by atoms with Crippen molar-refractivity contribution in [2.24, 2.45) is 16.1 Å².